The maximum atomic E-state index is 11.7. The van der Waals surface area contributed by atoms with Crippen LogP contribution in [0, 0.1) is 23.7 Å². The zero-order chi connectivity index (χ0) is 28.3. The van der Waals surface area contributed by atoms with Crippen LogP contribution < -0.4 is 0 Å². The Morgan fingerprint density at radius 3 is 1.53 bits per heavy atom. The maximum absolute atomic E-state index is 11.7. The van der Waals surface area contributed by atoms with Gasteiger partial charge in [-0.3, -0.25) is 14.4 Å². The summed E-state index contributed by atoms with van der Waals surface area (Å²) in [6, 6.07) is 0. The summed E-state index contributed by atoms with van der Waals surface area (Å²) < 4.78 is 17.7. The van der Waals surface area contributed by atoms with E-state index in [1.807, 2.05) is 6.92 Å². The van der Waals surface area contributed by atoms with Crippen LogP contribution in [0.2, 0.25) is 0 Å². The summed E-state index contributed by atoms with van der Waals surface area (Å²) in [7, 11) is 4.82. The molecule has 1 aliphatic rings. The highest BCUT2D eigenvalue weighted by Gasteiger charge is 2.47. The second-order valence-corrected chi connectivity index (χ2v) is 6.81. The lowest BCUT2D eigenvalue weighted by Gasteiger charge is -2.32. The number of carbonyl (C=O) groups is 6. The average Bonchev–Trinajstić information content (AvgIpc) is 2.86. The number of rotatable bonds is 7. The molecule has 0 amide bonds. The fraction of sp³-hybridized carbons (Fsp3) is 0.417. The first kappa shape index (κ1) is 34.0. The number of hydrogen-bond acceptors (Lipinski definition) is 10. The molecule has 0 spiro atoms. The largest absolute Gasteiger partial charge is 0.481 e. The van der Waals surface area contributed by atoms with Gasteiger partial charge in [0.2, 0.25) is 0 Å². The van der Waals surface area contributed by atoms with Crippen LogP contribution in [-0.2, 0) is 47.7 Å². The summed E-state index contributed by atoms with van der Waals surface area (Å²) in [5.74, 6) is -7.80. The average molecular weight is 513 g/mol. The second-order valence-electron chi connectivity index (χ2n) is 6.81. The van der Waals surface area contributed by atoms with Gasteiger partial charge < -0.3 is 29.2 Å². The lowest BCUT2D eigenvalue weighted by molar-refractivity contribution is -0.165. The van der Waals surface area contributed by atoms with Crippen molar-refractivity contribution in [2.24, 2.45) is 23.7 Å². The van der Waals surface area contributed by atoms with Gasteiger partial charge >= 0.3 is 35.8 Å². The maximum Gasteiger partial charge on any atom is 0.330 e. The van der Waals surface area contributed by atoms with E-state index < -0.39 is 53.6 Å². The van der Waals surface area contributed by atoms with E-state index in [0.29, 0.717) is 0 Å². The molecule has 0 aliphatic heterocycles. The summed E-state index contributed by atoms with van der Waals surface area (Å²) in [5.41, 5.74) is 0. The minimum Gasteiger partial charge on any atom is -0.481 e. The zero-order valence-corrected chi connectivity index (χ0v) is 20.9. The van der Waals surface area contributed by atoms with Gasteiger partial charge in [0.25, 0.3) is 0 Å². The molecule has 0 saturated carbocycles. The fourth-order valence-electron chi connectivity index (χ4n) is 2.77. The number of carboxylic acid groups (broad SMARTS) is 2. The second kappa shape index (κ2) is 19.1. The van der Waals surface area contributed by atoms with Gasteiger partial charge in [-0.15, -0.1) is 0 Å². The van der Waals surface area contributed by atoms with Crippen molar-refractivity contribution < 1.29 is 57.9 Å². The monoisotopic (exact) mass is 512 g/mol. The van der Waals surface area contributed by atoms with Crippen molar-refractivity contribution in [3.63, 3.8) is 0 Å². The first-order valence-corrected chi connectivity index (χ1v) is 10.3. The normalized spacial score (nSPS) is 20.4. The molecule has 4 atom stereocenters. The highest BCUT2D eigenvalue weighted by molar-refractivity contribution is 5.91. The molecule has 1 aliphatic carbocycles. The Bertz CT molecular complexity index is 864. The van der Waals surface area contributed by atoms with Crippen LogP contribution >= 0.6 is 0 Å². The molecule has 200 valence electrons. The molecule has 2 N–H and O–H groups in total. The van der Waals surface area contributed by atoms with Crippen molar-refractivity contribution in [2.75, 3.05) is 28.4 Å². The van der Waals surface area contributed by atoms with Crippen LogP contribution in [0.15, 0.2) is 48.6 Å². The molecular formula is C24H32O12. The van der Waals surface area contributed by atoms with Gasteiger partial charge in [-0.1, -0.05) is 37.3 Å². The Hall–Kier alpha value is -4.22. The smallest absolute Gasteiger partial charge is 0.330 e. The number of carbonyl (C=O) groups excluding carboxylic acids is 4. The Balaban J connectivity index is 0. The molecule has 4 unspecified atom stereocenters. The van der Waals surface area contributed by atoms with Crippen molar-refractivity contribution in [1.29, 1.82) is 0 Å². The Morgan fingerprint density at radius 1 is 0.694 bits per heavy atom. The van der Waals surface area contributed by atoms with Gasteiger partial charge in [0.1, 0.15) is 0 Å². The van der Waals surface area contributed by atoms with E-state index in [1.165, 1.54) is 40.6 Å². The molecular weight excluding hydrogens is 480 g/mol. The molecule has 36 heavy (non-hydrogen) atoms. The van der Waals surface area contributed by atoms with Crippen molar-refractivity contribution in [1.82, 2.24) is 0 Å². The number of methoxy groups -OCH3 is 4. The van der Waals surface area contributed by atoms with Gasteiger partial charge in [0, 0.05) is 18.2 Å². The molecule has 12 nitrogen and oxygen atoms in total. The Morgan fingerprint density at radius 2 is 1.17 bits per heavy atom. The number of esters is 4. The highest BCUT2D eigenvalue weighted by Crippen LogP contribution is 2.36. The standard InChI is InChI=1S/C12H16O6.C6H8O4.C6H8O2/c1-6-4-5-7(10(13)14)9(12(16)18-3)8(6)11(15)17-2;1-9-5(7)3-4-6(8)10-2;1-2-3-4-5-6(7)8/h4-9H,1-3H3,(H,13,14);3-4H,1-2H3;2-5H,1H3,(H,7,8)/b;4-3-;3-2+,5-4+. The minimum atomic E-state index is -1.16. The van der Waals surface area contributed by atoms with Crippen molar-refractivity contribution in [3.05, 3.63) is 48.6 Å². The number of aliphatic carboxylic acids is 2. The van der Waals surface area contributed by atoms with Crippen LogP contribution in [0.5, 0.6) is 0 Å². The Labute approximate surface area is 208 Å². The SMILES string of the molecule is C/C=C/C=C/C(=O)O.COC(=O)/C=C\C(=O)OC.COC(=O)C1C(C)C=CC(C(=O)O)C1C(=O)OC. The lowest BCUT2D eigenvalue weighted by Crippen LogP contribution is -2.44. The Kier molecular flexibility index (Phi) is 18.0. The van der Waals surface area contributed by atoms with Gasteiger partial charge in [0.15, 0.2) is 0 Å². The van der Waals surface area contributed by atoms with E-state index in [1.54, 1.807) is 25.2 Å². The van der Waals surface area contributed by atoms with E-state index in [4.69, 9.17) is 10.2 Å². The van der Waals surface area contributed by atoms with Crippen LogP contribution in [0.1, 0.15) is 13.8 Å². The van der Waals surface area contributed by atoms with Gasteiger partial charge in [-0.25, -0.2) is 14.4 Å². The highest BCUT2D eigenvalue weighted by atomic mass is 16.5. The lowest BCUT2D eigenvalue weighted by atomic mass is 9.71. The molecule has 0 fully saturated rings. The van der Waals surface area contributed by atoms with Crippen LogP contribution in [0.4, 0.5) is 0 Å². The molecule has 0 aromatic heterocycles. The zero-order valence-electron chi connectivity index (χ0n) is 20.9. The third-order valence-corrected chi connectivity index (χ3v) is 4.49. The van der Waals surface area contributed by atoms with Gasteiger partial charge in [-0.05, 0) is 12.8 Å². The van der Waals surface area contributed by atoms with E-state index in [0.717, 1.165) is 18.2 Å². The van der Waals surface area contributed by atoms with E-state index >= 15 is 0 Å². The summed E-state index contributed by atoms with van der Waals surface area (Å²) in [4.78, 5) is 65.0. The van der Waals surface area contributed by atoms with Crippen molar-refractivity contribution in [2.45, 2.75) is 13.8 Å². The predicted molar refractivity (Wildman–Crippen MR) is 125 cm³/mol. The minimum absolute atomic E-state index is 0.280. The molecule has 0 saturated heterocycles. The number of allylic oxidation sites excluding steroid dienone is 4. The molecule has 0 bridgehead atoms. The van der Waals surface area contributed by atoms with Gasteiger partial charge in [-0.2, -0.15) is 0 Å². The number of carboxylic acids is 2. The van der Waals surface area contributed by atoms with Crippen LogP contribution in [0.25, 0.3) is 0 Å². The predicted octanol–water partition coefficient (Wildman–Crippen LogP) is 1.56. The summed E-state index contributed by atoms with van der Waals surface area (Å²) >= 11 is 0. The summed E-state index contributed by atoms with van der Waals surface area (Å²) in [6.45, 7) is 3.55. The summed E-state index contributed by atoms with van der Waals surface area (Å²) in [6.07, 6.45) is 11.0. The molecule has 0 radical (unpaired) electrons. The molecule has 1 rings (SSSR count). The van der Waals surface area contributed by atoms with E-state index in [2.05, 4.69) is 18.9 Å². The van der Waals surface area contributed by atoms with Crippen molar-refractivity contribution in [3.8, 4) is 0 Å². The summed E-state index contributed by atoms with van der Waals surface area (Å²) in [5, 5.41) is 17.1. The molecule has 0 aromatic rings. The van der Waals surface area contributed by atoms with E-state index in [9.17, 15) is 28.8 Å². The molecule has 12 heteroatoms. The molecule has 0 heterocycles. The van der Waals surface area contributed by atoms with E-state index in [-0.39, 0.29) is 5.92 Å². The topological polar surface area (TPSA) is 180 Å². The number of ether oxygens (including phenoxy) is 4. The van der Waals surface area contributed by atoms with Crippen LogP contribution in [0.3, 0.4) is 0 Å². The third kappa shape index (κ3) is 13.5. The molecule has 0 aromatic carbocycles. The number of hydrogen-bond donors (Lipinski definition) is 2. The first-order chi connectivity index (χ1) is 16.9. The van der Waals surface area contributed by atoms with Crippen LogP contribution in [-0.4, -0.2) is 74.5 Å². The van der Waals surface area contributed by atoms with Gasteiger partial charge in [0.05, 0.1) is 46.2 Å². The quantitative estimate of drug-likeness (QED) is 0.165. The fourth-order valence-corrected chi connectivity index (χ4v) is 2.77. The van der Waals surface area contributed by atoms with Crippen molar-refractivity contribution >= 4 is 35.8 Å². The third-order valence-electron chi connectivity index (χ3n) is 4.49. The first-order valence-electron chi connectivity index (χ1n) is 10.3.